The van der Waals surface area contributed by atoms with Gasteiger partial charge in [-0.05, 0) is 12.1 Å². The molecule has 4 nitrogen and oxygen atoms in total. The monoisotopic (exact) mass is 271 g/mol. The van der Waals surface area contributed by atoms with E-state index < -0.39 is 6.10 Å². The van der Waals surface area contributed by atoms with E-state index in [0.717, 1.165) is 10.9 Å². The van der Waals surface area contributed by atoms with Gasteiger partial charge >= 0.3 is 0 Å². The number of carbonyl (C=O) groups is 1. The molecule has 0 amide bonds. The van der Waals surface area contributed by atoms with Gasteiger partial charge in [-0.15, -0.1) is 6.58 Å². The number of hydrogen-bond acceptors (Lipinski definition) is 3. The van der Waals surface area contributed by atoms with Gasteiger partial charge in [0.25, 0.3) is 0 Å². The van der Waals surface area contributed by atoms with Crippen molar-refractivity contribution in [2.24, 2.45) is 0 Å². The van der Waals surface area contributed by atoms with Crippen LogP contribution in [0.5, 0.6) is 0 Å². The SMILES string of the molecule is C=CC(=O)c1c(C(O)C=C)n(COC)c2ccccc12. The Kier molecular flexibility index (Phi) is 4.17. The lowest BCUT2D eigenvalue weighted by Crippen LogP contribution is -2.11. The maximum Gasteiger partial charge on any atom is 0.187 e. The van der Waals surface area contributed by atoms with E-state index in [0.29, 0.717) is 11.3 Å². The van der Waals surface area contributed by atoms with Crippen molar-refractivity contribution < 1.29 is 14.6 Å². The number of ketones is 1. The lowest BCUT2D eigenvalue weighted by molar-refractivity contribution is 0.103. The Morgan fingerprint density at radius 2 is 2.15 bits per heavy atom. The predicted octanol–water partition coefficient (Wildman–Crippen LogP) is 2.83. The first-order valence-electron chi connectivity index (χ1n) is 6.23. The molecule has 0 fully saturated rings. The summed E-state index contributed by atoms with van der Waals surface area (Å²) in [7, 11) is 1.56. The zero-order chi connectivity index (χ0) is 14.7. The predicted molar refractivity (Wildman–Crippen MR) is 78.6 cm³/mol. The molecule has 20 heavy (non-hydrogen) atoms. The molecule has 0 aliphatic carbocycles. The van der Waals surface area contributed by atoms with Crippen LogP contribution in [0.15, 0.2) is 49.6 Å². The Bertz CT molecular complexity index is 670. The minimum Gasteiger partial charge on any atom is -0.383 e. The number of methoxy groups -OCH3 is 1. The molecule has 4 heteroatoms. The van der Waals surface area contributed by atoms with Crippen molar-refractivity contribution in [2.75, 3.05) is 7.11 Å². The van der Waals surface area contributed by atoms with Gasteiger partial charge in [0.05, 0.1) is 16.8 Å². The molecule has 1 aromatic carbocycles. The van der Waals surface area contributed by atoms with Crippen molar-refractivity contribution in [1.82, 2.24) is 4.57 Å². The van der Waals surface area contributed by atoms with Gasteiger partial charge in [-0.3, -0.25) is 4.79 Å². The molecule has 1 aromatic heterocycles. The van der Waals surface area contributed by atoms with Crippen LogP contribution in [0.25, 0.3) is 10.9 Å². The molecule has 0 radical (unpaired) electrons. The lowest BCUT2D eigenvalue weighted by atomic mass is 10.0. The van der Waals surface area contributed by atoms with Gasteiger partial charge in [-0.25, -0.2) is 0 Å². The summed E-state index contributed by atoms with van der Waals surface area (Å²) < 4.78 is 6.95. The Labute approximate surface area is 117 Å². The maximum absolute atomic E-state index is 12.2. The van der Waals surface area contributed by atoms with Gasteiger partial charge in [0.2, 0.25) is 0 Å². The topological polar surface area (TPSA) is 51.5 Å². The lowest BCUT2D eigenvalue weighted by Gasteiger charge is -2.13. The van der Waals surface area contributed by atoms with E-state index in [-0.39, 0.29) is 12.5 Å². The van der Waals surface area contributed by atoms with Gasteiger partial charge in [0, 0.05) is 12.5 Å². The van der Waals surface area contributed by atoms with Crippen molar-refractivity contribution >= 4 is 16.7 Å². The summed E-state index contributed by atoms with van der Waals surface area (Å²) >= 11 is 0. The number of benzene rings is 1. The van der Waals surface area contributed by atoms with Crippen LogP contribution >= 0.6 is 0 Å². The van der Waals surface area contributed by atoms with Crippen LogP contribution in [0.3, 0.4) is 0 Å². The largest absolute Gasteiger partial charge is 0.383 e. The molecule has 104 valence electrons. The summed E-state index contributed by atoms with van der Waals surface area (Å²) in [5, 5.41) is 11.0. The molecule has 1 heterocycles. The summed E-state index contributed by atoms with van der Waals surface area (Å²) in [6, 6.07) is 7.45. The summed E-state index contributed by atoms with van der Waals surface area (Å²) in [6.07, 6.45) is 1.69. The Morgan fingerprint density at radius 1 is 1.45 bits per heavy atom. The van der Waals surface area contributed by atoms with E-state index >= 15 is 0 Å². The third-order valence-electron chi connectivity index (χ3n) is 3.20. The van der Waals surface area contributed by atoms with E-state index in [9.17, 15) is 9.90 Å². The fourth-order valence-corrected chi connectivity index (χ4v) is 2.37. The Balaban J connectivity index is 2.88. The summed E-state index contributed by atoms with van der Waals surface area (Å²) in [6.45, 7) is 7.36. The number of fused-ring (bicyclic) bond motifs is 1. The number of allylic oxidation sites excluding steroid dienone is 1. The van der Waals surface area contributed by atoms with Gasteiger partial charge in [-0.2, -0.15) is 0 Å². The number of aliphatic hydroxyl groups is 1. The first kappa shape index (κ1) is 14.2. The number of aromatic nitrogens is 1. The molecule has 1 unspecified atom stereocenters. The molecule has 0 aliphatic heterocycles. The maximum atomic E-state index is 12.2. The number of hydrogen-bond donors (Lipinski definition) is 1. The van der Waals surface area contributed by atoms with E-state index in [2.05, 4.69) is 13.2 Å². The van der Waals surface area contributed by atoms with Gasteiger partial charge < -0.3 is 14.4 Å². The summed E-state index contributed by atoms with van der Waals surface area (Å²) in [5.74, 6) is -0.230. The highest BCUT2D eigenvalue weighted by Gasteiger charge is 2.24. The molecule has 0 bridgehead atoms. The zero-order valence-electron chi connectivity index (χ0n) is 11.4. The molecular formula is C16H17NO3. The number of rotatable bonds is 6. The molecule has 0 aliphatic rings. The fourth-order valence-electron chi connectivity index (χ4n) is 2.37. The molecule has 0 saturated heterocycles. The van der Waals surface area contributed by atoms with E-state index in [1.54, 1.807) is 11.7 Å². The number of aliphatic hydroxyl groups excluding tert-OH is 1. The number of para-hydroxylation sites is 1. The second-order valence-electron chi connectivity index (χ2n) is 4.37. The molecule has 0 saturated carbocycles. The second-order valence-corrected chi connectivity index (χ2v) is 4.37. The zero-order valence-corrected chi connectivity index (χ0v) is 11.4. The van der Waals surface area contributed by atoms with Gasteiger partial charge in [-0.1, -0.05) is 30.9 Å². The third kappa shape index (κ3) is 2.19. The van der Waals surface area contributed by atoms with E-state index in [4.69, 9.17) is 4.74 Å². The number of ether oxygens (including phenoxy) is 1. The Morgan fingerprint density at radius 3 is 2.75 bits per heavy atom. The van der Waals surface area contributed by atoms with Crippen LogP contribution in [0.1, 0.15) is 22.2 Å². The molecule has 2 aromatic rings. The van der Waals surface area contributed by atoms with Crippen LogP contribution in [-0.2, 0) is 11.5 Å². The second kappa shape index (κ2) is 5.86. The Hall–Kier alpha value is -2.17. The molecule has 1 atom stereocenters. The van der Waals surface area contributed by atoms with E-state index in [1.807, 2.05) is 24.3 Å². The van der Waals surface area contributed by atoms with Crippen molar-refractivity contribution in [2.45, 2.75) is 12.8 Å². The molecular weight excluding hydrogens is 254 g/mol. The molecule has 0 spiro atoms. The van der Waals surface area contributed by atoms with Crippen LogP contribution in [0.2, 0.25) is 0 Å². The highest BCUT2D eigenvalue weighted by Crippen LogP contribution is 2.31. The van der Waals surface area contributed by atoms with Crippen LogP contribution in [0.4, 0.5) is 0 Å². The van der Waals surface area contributed by atoms with Crippen molar-refractivity contribution in [3.63, 3.8) is 0 Å². The fraction of sp³-hybridized carbons (Fsp3) is 0.188. The normalized spacial score (nSPS) is 12.3. The smallest absolute Gasteiger partial charge is 0.187 e. The van der Waals surface area contributed by atoms with Crippen molar-refractivity contribution in [1.29, 1.82) is 0 Å². The average Bonchev–Trinajstić information content (AvgIpc) is 2.81. The van der Waals surface area contributed by atoms with Gasteiger partial charge in [0.15, 0.2) is 5.78 Å². The summed E-state index contributed by atoms with van der Waals surface area (Å²) in [5.41, 5.74) is 1.75. The highest BCUT2D eigenvalue weighted by molar-refractivity contribution is 6.14. The van der Waals surface area contributed by atoms with Crippen molar-refractivity contribution in [3.05, 3.63) is 60.8 Å². The quantitative estimate of drug-likeness (QED) is 0.499. The first-order chi connectivity index (χ1) is 9.65. The average molecular weight is 271 g/mol. The van der Waals surface area contributed by atoms with Crippen molar-refractivity contribution in [3.8, 4) is 0 Å². The van der Waals surface area contributed by atoms with E-state index in [1.165, 1.54) is 12.2 Å². The minimum atomic E-state index is -0.948. The minimum absolute atomic E-state index is 0.230. The molecule has 2 rings (SSSR count). The standard InChI is InChI=1S/C16H17NO3/c1-4-13(18)15-11-8-6-7-9-12(11)17(10-20-3)16(15)14(19)5-2/h4-9,14,19H,1-2,10H2,3H3. The third-order valence-corrected chi connectivity index (χ3v) is 3.20. The summed E-state index contributed by atoms with van der Waals surface area (Å²) in [4.78, 5) is 12.2. The van der Waals surface area contributed by atoms with Gasteiger partial charge in [0.1, 0.15) is 12.8 Å². The number of nitrogens with zero attached hydrogens (tertiary/aromatic N) is 1. The molecule has 1 N–H and O–H groups in total. The van der Waals surface area contributed by atoms with Crippen LogP contribution in [0, 0.1) is 0 Å². The van der Waals surface area contributed by atoms with Crippen LogP contribution < -0.4 is 0 Å². The first-order valence-corrected chi connectivity index (χ1v) is 6.23. The van der Waals surface area contributed by atoms with Crippen LogP contribution in [-0.4, -0.2) is 22.6 Å². The highest BCUT2D eigenvalue weighted by atomic mass is 16.5. The number of carbonyl (C=O) groups excluding carboxylic acids is 1.